The molecule has 3 aromatic rings. The maximum absolute atomic E-state index is 12.9. The van der Waals surface area contributed by atoms with Crippen molar-refractivity contribution in [3.8, 4) is 0 Å². The zero-order valence-electron chi connectivity index (χ0n) is 15.2. The number of nitrogens with one attached hydrogen (secondary N) is 3. The van der Waals surface area contributed by atoms with Gasteiger partial charge in [-0.1, -0.05) is 11.3 Å². The molecule has 3 amide bonds. The summed E-state index contributed by atoms with van der Waals surface area (Å²) >= 11 is 1.43. The third-order valence-corrected chi connectivity index (χ3v) is 5.46. The highest BCUT2D eigenvalue weighted by Crippen LogP contribution is 2.29. The van der Waals surface area contributed by atoms with E-state index in [0.29, 0.717) is 30.2 Å². The second-order valence-electron chi connectivity index (χ2n) is 6.90. The van der Waals surface area contributed by atoms with Gasteiger partial charge in [-0.25, -0.2) is 9.78 Å². The summed E-state index contributed by atoms with van der Waals surface area (Å²) in [5.74, 6) is 0.0178. The van der Waals surface area contributed by atoms with Crippen LogP contribution < -0.4 is 10.6 Å². The van der Waals surface area contributed by atoms with Crippen molar-refractivity contribution in [2.24, 2.45) is 0 Å². The molecular formula is C19H21N5O2S. The Morgan fingerprint density at radius 2 is 2.15 bits per heavy atom. The first-order valence-corrected chi connectivity index (χ1v) is 9.74. The van der Waals surface area contributed by atoms with Crippen LogP contribution in [0.4, 0.5) is 9.93 Å². The molecule has 0 bridgehead atoms. The fourth-order valence-corrected chi connectivity index (χ4v) is 4.21. The third-order valence-electron chi connectivity index (χ3n) is 4.46. The lowest BCUT2D eigenvalue weighted by molar-refractivity contribution is 0.0736. The smallest absolute Gasteiger partial charge is 0.321 e. The highest BCUT2D eigenvalue weighted by molar-refractivity contribution is 7.15. The molecule has 4 rings (SSSR count). The predicted octanol–water partition coefficient (Wildman–Crippen LogP) is 3.35. The molecule has 0 saturated heterocycles. The van der Waals surface area contributed by atoms with Crippen molar-refractivity contribution in [3.63, 3.8) is 0 Å². The SMILES string of the molecule is CC(C)NC(=O)Nc1nc2c(s1)CN(C(=O)c1ccc3[nH]ccc3c1)CC2. The van der Waals surface area contributed by atoms with E-state index in [1.807, 2.05) is 49.2 Å². The maximum atomic E-state index is 12.9. The fourth-order valence-electron chi connectivity index (χ4n) is 3.19. The number of H-pyrrole nitrogens is 1. The largest absolute Gasteiger partial charge is 0.361 e. The van der Waals surface area contributed by atoms with Gasteiger partial charge in [0.2, 0.25) is 0 Å². The summed E-state index contributed by atoms with van der Waals surface area (Å²) < 4.78 is 0. The van der Waals surface area contributed by atoms with Crippen LogP contribution in [0, 0.1) is 0 Å². The lowest BCUT2D eigenvalue weighted by Gasteiger charge is -2.26. The molecule has 1 aromatic carbocycles. The van der Waals surface area contributed by atoms with Gasteiger partial charge in [0.15, 0.2) is 5.13 Å². The number of urea groups is 1. The molecule has 7 nitrogen and oxygen atoms in total. The van der Waals surface area contributed by atoms with Crippen molar-refractivity contribution in [3.05, 3.63) is 46.6 Å². The van der Waals surface area contributed by atoms with Gasteiger partial charge < -0.3 is 15.2 Å². The number of carbonyl (C=O) groups excluding carboxylic acids is 2. The summed E-state index contributed by atoms with van der Waals surface area (Å²) in [6.45, 7) is 4.95. The van der Waals surface area contributed by atoms with Crippen molar-refractivity contribution >= 4 is 39.3 Å². The van der Waals surface area contributed by atoms with Gasteiger partial charge in [-0.3, -0.25) is 10.1 Å². The van der Waals surface area contributed by atoms with Crippen LogP contribution in [0.15, 0.2) is 30.5 Å². The number of hydrogen-bond acceptors (Lipinski definition) is 4. The van der Waals surface area contributed by atoms with E-state index in [4.69, 9.17) is 0 Å². The molecule has 1 aliphatic heterocycles. The first kappa shape index (κ1) is 17.5. The van der Waals surface area contributed by atoms with Crippen molar-refractivity contribution in [2.45, 2.75) is 32.9 Å². The molecule has 0 spiro atoms. The molecule has 140 valence electrons. The van der Waals surface area contributed by atoms with Crippen molar-refractivity contribution < 1.29 is 9.59 Å². The van der Waals surface area contributed by atoms with Gasteiger partial charge in [0.25, 0.3) is 5.91 Å². The summed E-state index contributed by atoms with van der Waals surface area (Å²) in [6.07, 6.45) is 2.56. The number of carbonyl (C=O) groups is 2. The number of aromatic amines is 1. The van der Waals surface area contributed by atoms with E-state index >= 15 is 0 Å². The minimum Gasteiger partial charge on any atom is -0.361 e. The van der Waals surface area contributed by atoms with E-state index in [1.165, 1.54) is 11.3 Å². The Morgan fingerprint density at radius 3 is 2.96 bits per heavy atom. The van der Waals surface area contributed by atoms with Crippen molar-refractivity contribution in [1.29, 1.82) is 0 Å². The summed E-state index contributed by atoms with van der Waals surface area (Å²) in [7, 11) is 0. The van der Waals surface area contributed by atoms with E-state index in [2.05, 4.69) is 20.6 Å². The quantitative estimate of drug-likeness (QED) is 0.648. The van der Waals surface area contributed by atoms with Crippen LogP contribution in [0.2, 0.25) is 0 Å². The van der Waals surface area contributed by atoms with Crippen LogP contribution in [0.3, 0.4) is 0 Å². The van der Waals surface area contributed by atoms with Gasteiger partial charge in [-0.15, -0.1) is 0 Å². The molecule has 8 heteroatoms. The number of aromatic nitrogens is 2. The molecule has 3 heterocycles. The molecule has 27 heavy (non-hydrogen) atoms. The van der Waals surface area contributed by atoms with Gasteiger partial charge in [0, 0.05) is 46.5 Å². The number of amides is 3. The van der Waals surface area contributed by atoms with Gasteiger partial charge in [0.05, 0.1) is 12.2 Å². The molecule has 2 aromatic heterocycles. The number of rotatable bonds is 3. The van der Waals surface area contributed by atoms with Gasteiger partial charge >= 0.3 is 6.03 Å². The van der Waals surface area contributed by atoms with Crippen LogP contribution >= 0.6 is 11.3 Å². The summed E-state index contributed by atoms with van der Waals surface area (Å²) in [5, 5.41) is 7.15. The molecule has 1 aliphatic rings. The number of fused-ring (bicyclic) bond motifs is 2. The molecule has 0 fully saturated rings. The average Bonchev–Trinajstić information content (AvgIpc) is 3.24. The topological polar surface area (TPSA) is 90.1 Å². The van der Waals surface area contributed by atoms with Crippen LogP contribution in [-0.2, 0) is 13.0 Å². The summed E-state index contributed by atoms with van der Waals surface area (Å²) in [4.78, 5) is 35.3. The predicted molar refractivity (Wildman–Crippen MR) is 106 cm³/mol. The van der Waals surface area contributed by atoms with E-state index in [9.17, 15) is 9.59 Å². The number of anilines is 1. The first-order valence-electron chi connectivity index (χ1n) is 8.92. The van der Waals surface area contributed by atoms with Gasteiger partial charge in [-0.05, 0) is 38.1 Å². The van der Waals surface area contributed by atoms with E-state index in [1.54, 1.807) is 0 Å². The fraction of sp³-hybridized carbons (Fsp3) is 0.316. The highest BCUT2D eigenvalue weighted by atomic mass is 32.1. The zero-order chi connectivity index (χ0) is 19.0. The molecule has 0 aliphatic carbocycles. The number of benzene rings is 1. The third kappa shape index (κ3) is 3.66. The first-order chi connectivity index (χ1) is 13.0. The van der Waals surface area contributed by atoms with Crippen LogP contribution in [0.5, 0.6) is 0 Å². The Hall–Kier alpha value is -2.87. The second kappa shape index (κ2) is 7.03. The minimum atomic E-state index is -0.260. The van der Waals surface area contributed by atoms with Crippen LogP contribution in [0.25, 0.3) is 10.9 Å². The van der Waals surface area contributed by atoms with E-state index in [0.717, 1.165) is 21.5 Å². The van der Waals surface area contributed by atoms with Gasteiger partial charge in [0.1, 0.15) is 0 Å². The molecule has 3 N–H and O–H groups in total. The Kier molecular flexibility index (Phi) is 4.57. The Bertz CT molecular complexity index is 1010. The highest BCUT2D eigenvalue weighted by Gasteiger charge is 2.25. The second-order valence-corrected chi connectivity index (χ2v) is 7.98. The molecule has 0 unspecified atom stereocenters. The monoisotopic (exact) mass is 383 g/mol. The number of hydrogen-bond donors (Lipinski definition) is 3. The lowest BCUT2D eigenvalue weighted by Crippen LogP contribution is -2.35. The summed E-state index contributed by atoms with van der Waals surface area (Å²) in [6, 6.07) is 7.46. The van der Waals surface area contributed by atoms with Crippen LogP contribution in [-0.4, -0.2) is 39.4 Å². The molecular weight excluding hydrogens is 362 g/mol. The van der Waals surface area contributed by atoms with Crippen molar-refractivity contribution in [1.82, 2.24) is 20.2 Å². The molecule has 0 saturated carbocycles. The van der Waals surface area contributed by atoms with E-state index < -0.39 is 0 Å². The average molecular weight is 383 g/mol. The standard InChI is InChI=1S/C19H21N5O2S/c1-11(2)21-18(26)23-19-22-15-6-8-24(10-16(15)27-19)17(25)13-3-4-14-12(9-13)5-7-20-14/h3-5,7,9,11,20H,6,8,10H2,1-2H3,(H2,21,22,23,26). The normalized spacial score (nSPS) is 13.7. The van der Waals surface area contributed by atoms with Gasteiger partial charge in [-0.2, -0.15) is 0 Å². The Balaban J connectivity index is 1.47. The summed E-state index contributed by atoms with van der Waals surface area (Å²) in [5.41, 5.74) is 2.67. The van der Waals surface area contributed by atoms with Crippen molar-refractivity contribution in [2.75, 3.05) is 11.9 Å². The Labute approximate surface area is 160 Å². The Morgan fingerprint density at radius 1 is 1.30 bits per heavy atom. The lowest BCUT2D eigenvalue weighted by atomic mass is 10.1. The number of nitrogens with zero attached hydrogens (tertiary/aromatic N) is 2. The van der Waals surface area contributed by atoms with Crippen LogP contribution in [0.1, 0.15) is 34.8 Å². The zero-order valence-corrected chi connectivity index (χ0v) is 16.0. The van der Waals surface area contributed by atoms with E-state index in [-0.39, 0.29) is 18.0 Å². The minimum absolute atomic E-state index is 0.0178. The maximum Gasteiger partial charge on any atom is 0.321 e. The number of thiazole rings is 1. The molecule has 0 atom stereocenters. The molecule has 0 radical (unpaired) electrons.